The Morgan fingerprint density at radius 3 is 2.46 bits per heavy atom. The third-order valence-corrected chi connectivity index (χ3v) is 4.90. The standard InChI is InChI=1S/C21H27NO2/c1-15-11-18-5-4-6-19(18)13-17(15)9-10-22-14-16-7-8-20(23-2)21(12-16)24-3/h7-8,11-13,22H,4-6,9-10,14H2,1-3H3. The van der Waals surface area contributed by atoms with Crippen LogP contribution in [0.15, 0.2) is 30.3 Å². The van der Waals surface area contributed by atoms with Gasteiger partial charge >= 0.3 is 0 Å². The number of hydrogen-bond acceptors (Lipinski definition) is 3. The van der Waals surface area contributed by atoms with Crippen molar-refractivity contribution in [1.29, 1.82) is 0 Å². The molecule has 24 heavy (non-hydrogen) atoms. The van der Waals surface area contributed by atoms with Gasteiger partial charge in [-0.15, -0.1) is 0 Å². The van der Waals surface area contributed by atoms with Gasteiger partial charge in [0.2, 0.25) is 0 Å². The number of aryl methyl sites for hydroxylation is 3. The van der Waals surface area contributed by atoms with Gasteiger partial charge in [0, 0.05) is 6.54 Å². The fourth-order valence-electron chi connectivity index (χ4n) is 3.51. The maximum Gasteiger partial charge on any atom is 0.161 e. The van der Waals surface area contributed by atoms with Crippen LogP contribution in [0.25, 0.3) is 0 Å². The van der Waals surface area contributed by atoms with E-state index in [0.29, 0.717) is 0 Å². The van der Waals surface area contributed by atoms with Crippen molar-refractivity contribution in [2.75, 3.05) is 20.8 Å². The molecule has 0 heterocycles. The van der Waals surface area contributed by atoms with E-state index in [0.717, 1.165) is 31.0 Å². The second-order valence-corrected chi connectivity index (χ2v) is 6.52. The zero-order chi connectivity index (χ0) is 16.9. The lowest BCUT2D eigenvalue weighted by Gasteiger charge is -2.12. The lowest BCUT2D eigenvalue weighted by Crippen LogP contribution is -2.17. The molecule has 0 spiro atoms. The number of hydrogen-bond donors (Lipinski definition) is 1. The Labute approximate surface area is 145 Å². The number of fused-ring (bicyclic) bond motifs is 1. The first-order valence-corrected chi connectivity index (χ1v) is 8.74. The summed E-state index contributed by atoms with van der Waals surface area (Å²) in [6.45, 7) is 4.06. The lowest BCUT2D eigenvalue weighted by atomic mass is 9.99. The highest BCUT2D eigenvalue weighted by atomic mass is 16.5. The first-order chi connectivity index (χ1) is 11.7. The van der Waals surface area contributed by atoms with E-state index in [9.17, 15) is 0 Å². The summed E-state index contributed by atoms with van der Waals surface area (Å²) in [6, 6.07) is 10.9. The van der Waals surface area contributed by atoms with Crippen molar-refractivity contribution in [2.24, 2.45) is 0 Å². The van der Waals surface area contributed by atoms with Gasteiger partial charge in [0.05, 0.1) is 14.2 Å². The fourth-order valence-corrected chi connectivity index (χ4v) is 3.51. The molecule has 0 aromatic heterocycles. The normalized spacial score (nSPS) is 13.0. The van der Waals surface area contributed by atoms with Crippen LogP contribution < -0.4 is 14.8 Å². The van der Waals surface area contributed by atoms with Gasteiger partial charge in [0.15, 0.2) is 11.5 Å². The minimum Gasteiger partial charge on any atom is -0.493 e. The monoisotopic (exact) mass is 325 g/mol. The number of ether oxygens (including phenoxy) is 2. The molecule has 1 aliphatic carbocycles. The Hall–Kier alpha value is -2.00. The second-order valence-electron chi connectivity index (χ2n) is 6.52. The molecule has 0 amide bonds. The summed E-state index contributed by atoms with van der Waals surface area (Å²) in [5.74, 6) is 1.56. The molecule has 128 valence electrons. The quantitative estimate of drug-likeness (QED) is 0.785. The minimum absolute atomic E-state index is 0.773. The van der Waals surface area contributed by atoms with Crippen LogP contribution in [0.2, 0.25) is 0 Å². The van der Waals surface area contributed by atoms with Crippen molar-refractivity contribution in [2.45, 2.75) is 39.2 Å². The van der Waals surface area contributed by atoms with Crippen LogP contribution in [0.1, 0.15) is 34.2 Å². The molecule has 2 aromatic rings. The van der Waals surface area contributed by atoms with E-state index in [4.69, 9.17) is 9.47 Å². The van der Waals surface area contributed by atoms with Gasteiger partial charge in [-0.1, -0.05) is 18.2 Å². The molecule has 2 aromatic carbocycles. The van der Waals surface area contributed by atoms with Gasteiger partial charge in [-0.3, -0.25) is 0 Å². The van der Waals surface area contributed by atoms with Gasteiger partial charge in [-0.25, -0.2) is 0 Å². The number of rotatable bonds is 7. The van der Waals surface area contributed by atoms with Crippen LogP contribution in [0.4, 0.5) is 0 Å². The summed E-state index contributed by atoms with van der Waals surface area (Å²) in [6.07, 6.45) is 4.90. The average molecular weight is 325 g/mol. The second kappa shape index (κ2) is 7.71. The van der Waals surface area contributed by atoms with Crippen molar-refractivity contribution in [3.63, 3.8) is 0 Å². The third-order valence-electron chi connectivity index (χ3n) is 4.90. The first-order valence-electron chi connectivity index (χ1n) is 8.74. The highest BCUT2D eigenvalue weighted by Gasteiger charge is 2.12. The molecular formula is C21H27NO2. The third kappa shape index (κ3) is 3.73. The molecule has 1 N–H and O–H groups in total. The molecule has 3 nitrogen and oxygen atoms in total. The lowest BCUT2D eigenvalue weighted by molar-refractivity contribution is 0.354. The van der Waals surface area contributed by atoms with Gasteiger partial charge in [-0.2, -0.15) is 0 Å². The van der Waals surface area contributed by atoms with Crippen LogP contribution in [-0.4, -0.2) is 20.8 Å². The van der Waals surface area contributed by atoms with Crippen LogP contribution in [0.5, 0.6) is 11.5 Å². The molecule has 0 saturated heterocycles. The Morgan fingerprint density at radius 1 is 0.958 bits per heavy atom. The van der Waals surface area contributed by atoms with Crippen LogP contribution in [0, 0.1) is 6.92 Å². The summed E-state index contributed by atoms with van der Waals surface area (Å²) in [5.41, 5.74) is 7.25. The van der Waals surface area contributed by atoms with Crippen LogP contribution in [-0.2, 0) is 25.8 Å². The molecule has 0 radical (unpaired) electrons. The van der Waals surface area contributed by atoms with E-state index in [1.54, 1.807) is 25.3 Å². The van der Waals surface area contributed by atoms with E-state index in [2.05, 4.69) is 30.4 Å². The summed E-state index contributed by atoms with van der Waals surface area (Å²) in [5, 5.41) is 3.54. The molecule has 1 aliphatic rings. The van der Waals surface area contributed by atoms with Gasteiger partial charge in [0.1, 0.15) is 0 Å². The van der Waals surface area contributed by atoms with E-state index in [1.165, 1.54) is 36.0 Å². The predicted molar refractivity (Wildman–Crippen MR) is 98.2 cm³/mol. The van der Waals surface area contributed by atoms with Gasteiger partial charge in [-0.05, 0) is 79.1 Å². The largest absolute Gasteiger partial charge is 0.493 e. The maximum atomic E-state index is 5.36. The average Bonchev–Trinajstić information content (AvgIpc) is 3.05. The van der Waals surface area contributed by atoms with Crippen molar-refractivity contribution in [3.05, 3.63) is 58.1 Å². The van der Waals surface area contributed by atoms with Gasteiger partial charge < -0.3 is 14.8 Å². The molecule has 0 bridgehead atoms. The summed E-state index contributed by atoms with van der Waals surface area (Å²) in [7, 11) is 3.33. The topological polar surface area (TPSA) is 30.5 Å². The number of methoxy groups -OCH3 is 2. The van der Waals surface area contributed by atoms with Crippen molar-refractivity contribution in [1.82, 2.24) is 5.32 Å². The Balaban J connectivity index is 1.54. The van der Waals surface area contributed by atoms with E-state index in [1.807, 2.05) is 12.1 Å². The number of benzene rings is 2. The molecule has 0 aliphatic heterocycles. The molecule has 3 heteroatoms. The van der Waals surface area contributed by atoms with Crippen LogP contribution in [0.3, 0.4) is 0 Å². The van der Waals surface area contributed by atoms with Crippen molar-refractivity contribution >= 4 is 0 Å². The highest BCUT2D eigenvalue weighted by molar-refractivity contribution is 5.43. The fraction of sp³-hybridized carbons (Fsp3) is 0.429. The Bertz CT molecular complexity index is 709. The first kappa shape index (κ1) is 16.8. The molecule has 0 atom stereocenters. The highest BCUT2D eigenvalue weighted by Crippen LogP contribution is 2.27. The van der Waals surface area contributed by atoms with Gasteiger partial charge in [0.25, 0.3) is 0 Å². The SMILES string of the molecule is COc1ccc(CNCCc2cc3c(cc2C)CCC3)cc1OC. The maximum absolute atomic E-state index is 5.36. The minimum atomic E-state index is 0.773. The zero-order valence-electron chi connectivity index (χ0n) is 14.9. The Morgan fingerprint density at radius 2 is 1.71 bits per heavy atom. The Kier molecular flexibility index (Phi) is 5.41. The summed E-state index contributed by atoms with van der Waals surface area (Å²) >= 11 is 0. The molecule has 0 saturated carbocycles. The summed E-state index contributed by atoms with van der Waals surface area (Å²) in [4.78, 5) is 0. The van der Waals surface area contributed by atoms with E-state index >= 15 is 0 Å². The van der Waals surface area contributed by atoms with Crippen LogP contribution >= 0.6 is 0 Å². The smallest absolute Gasteiger partial charge is 0.161 e. The predicted octanol–water partition coefficient (Wildman–Crippen LogP) is 3.83. The zero-order valence-corrected chi connectivity index (χ0v) is 14.9. The van der Waals surface area contributed by atoms with Crippen molar-refractivity contribution < 1.29 is 9.47 Å². The molecular weight excluding hydrogens is 298 g/mol. The number of nitrogens with one attached hydrogen (secondary N) is 1. The molecule has 0 fully saturated rings. The molecule has 0 unspecified atom stereocenters. The molecule has 3 rings (SSSR count). The van der Waals surface area contributed by atoms with Crippen molar-refractivity contribution in [3.8, 4) is 11.5 Å². The van der Waals surface area contributed by atoms with E-state index in [-0.39, 0.29) is 0 Å². The van der Waals surface area contributed by atoms with E-state index < -0.39 is 0 Å². The summed E-state index contributed by atoms with van der Waals surface area (Å²) < 4.78 is 10.6.